The number of nitrogens with one attached hydrogen (secondary N) is 1. The molecule has 0 amide bonds. The van der Waals surface area contributed by atoms with E-state index in [1.165, 1.54) is 16.2 Å². The van der Waals surface area contributed by atoms with Gasteiger partial charge in [-0.2, -0.15) is 0 Å². The summed E-state index contributed by atoms with van der Waals surface area (Å²) in [5, 5.41) is 1.19. The Labute approximate surface area is 75.6 Å². The zero-order valence-corrected chi connectivity index (χ0v) is 7.98. The van der Waals surface area contributed by atoms with E-state index >= 15 is 0 Å². The number of benzene rings is 1. The first-order chi connectivity index (χ1) is 5.83. The smallest absolute Gasteiger partial charge is 0.231 e. The summed E-state index contributed by atoms with van der Waals surface area (Å²) >= 11 is 1.73. The summed E-state index contributed by atoms with van der Waals surface area (Å²) in [6.45, 7) is 0. The average Bonchev–Trinajstić information content (AvgIpc) is 2.44. The van der Waals surface area contributed by atoms with Crippen LogP contribution in [0, 0.1) is 0 Å². The number of aryl methyl sites for hydroxylation is 1. The van der Waals surface area contributed by atoms with Crippen LogP contribution in [0.2, 0.25) is 0 Å². The van der Waals surface area contributed by atoms with Gasteiger partial charge in [-0.1, -0.05) is 12.1 Å². The predicted molar refractivity (Wildman–Crippen MR) is 51.3 cm³/mol. The Balaban J connectivity index is 2.78. The lowest BCUT2D eigenvalue weighted by Gasteiger charge is -1.87. The lowest BCUT2D eigenvalue weighted by Crippen LogP contribution is -2.28. The Bertz CT molecular complexity index is 406. The quantitative estimate of drug-likeness (QED) is 0.522. The monoisotopic (exact) mass is 179 g/mol. The van der Waals surface area contributed by atoms with Gasteiger partial charge in [0.05, 0.1) is 7.05 Å². The molecule has 0 saturated carbocycles. The van der Waals surface area contributed by atoms with Crippen molar-refractivity contribution in [2.75, 3.05) is 6.26 Å². The molecule has 0 radical (unpaired) electrons. The maximum Gasteiger partial charge on any atom is 0.316 e. The molecule has 0 unspecified atom stereocenters. The van der Waals surface area contributed by atoms with Crippen LogP contribution < -0.4 is 4.57 Å². The van der Waals surface area contributed by atoms with Gasteiger partial charge in [-0.25, -0.2) is 9.55 Å². The second kappa shape index (κ2) is 2.83. The van der Waals surface area contributed by atoms with Crippen LogP contribution in [0.5, 0.6) is 0 Å². The summed E-state index contributed by atoms with van der Waals surface area (Å²) in [6, 6.07) is 8.31. The molecule has 2 nitrogen and oxygen atoms in total. The maximum atomic E-state index is 3.34. The Hall–Kier alpha value is -0.960. The topological polar surface area (TPSA) is 19.7 Å². The second-order valence-electron chi connectivity index (χ2n) is 2.71. The number of nitrogens with zero attached hydrogens (tertiary/aromatic N) is 1. The van der Waals surface area contributed by atoms with E-state index in [4.69, 9.17) is 0 Å². The number of H-pyrrole nitrogens is 1. The van der Waals surface area contributed by atoms with Crippen LogP contribution in [0.1, 0.15) is 0 Å². The molecule has 0 aliphatic rings. The van der Waals surface area contributed by atoms with Gasteiger partial charge in [-0.05, 0) is 30.2 Å². The first-order valence-corrected chi connectivity index (χ1v) is 5.06. The SMILES string of the molecule is CSc1[nH]c2ccccc2[n+]1C. The van der Waals surface area contributed by atoms with Crippen LogP contribution in [0.25, 0.3) is 11.0 Å². The van der Waals surface area contributed by atoms with Crippen molar-refractivity contribution in [3.8, 4) is 0 Å². The minimum atomic E-state index is 1.19. The Morgan fingerprint density at radius 1 is 1.33 bits per heavy atom. The lowest BCUT2D eigenvalue weighted by molar-refractivity contribution is -0.683. The van der Waals surface area contributed by atoms with Crippen molar-refractivity contribution in [2.45, 2.75) is 5.16 Å². The summed E-state index contributed by atoms with van der Waals surface area (Å²) in [5.74, 6) is 0. The lowest BCUT2D eigenvalue weighted by atomic mass is 10.3. The minimum Gasteiger partial charge on any atom is -0.231 e. The Morgan fingerprint density at radius 3 is 2.75 bits per heavy atom. The van der Waals surface area contributed by atoms with E-state index in [-0.39, 0.29) is 0 Å². The molecule has 1 heterocycles. The third-order valence-electron chi connectivity index (χ3n) is 2.00. The Kier molecular flexibility index (Phi) is 1.81. The second-order valence-corrected chi connectivity index (χ2v) is 3.51. The number of para-hydroxylation sites is 2. The summed E-state index contributed by atoms with van der Waals surface area (Å²) in [6.07, 6.45) is 2.07. The fourth-order valence-electron chi connectivity index (χ4n) is 1.37. The van der Waals surface area contributed by atoms with Crippen molar-refractivity contribution in [1.29, 1.82) is 0 Å². The average molecular weight is 179 g/mol. The first-order valence-electron chi connectivity index (χ1n) is 3.83. The van der Waals surface area contributed by atoms with Crippen molar-refractivity contribution in [2.24, 2.45) is 7.05 Å². The van der Waals surface area contributed by atoms with Gasteiger partial charge >= 0.3 is 5.16 Å². The first kappa shape index (κ1) is 7.68. The van der Waals surface area contributed by atoms with Gasteiger partial charge in [0.15, 0.2) is 11.0 Å². The number of aromatic nitrogens is 2. The van der Waals surface area contributed by atoms with Crippen LogP contribution in [-0.4, -0.2) is 11.2 Å². The third-order valence-corrected chi connectivity index (χ3v) is 2.77. The highest BCUT2D eigenvalue weighted by atomic mass is 32.2. The molecule has 0 aliphatic heterocycles. The molecule has 1 aromatic carbocycles. The number of aromatic amines is 1. The number of hydrogen-bond donors (Lipinski definition) is 1. The van der Waals surface area contributed by atoms with Crippen LogP contribution in [0.3, 0.4) is 0 Å². The van der Waals surface area contributed by atoms with Crippen molar-refractivity contribution in [1.82, 2.24) is 4.98 Å². The highest BCUT2D eigenvalue weighted by Crippen LogP contribution is 2.13. The number of fused-ring (bicyclic) bond motifs is 1. The molecule has 2 rings (SSSR count). The van der Waals surface area contributed by atoms with E-state index in [0.717, 1.165) is 0 Å². The molecule has 1 aromatic heterocycles. The van der Waals surface area contributed by atoms with Gasteiger partial charge in [-0.15, -0.1) is 0 Å². The van der Waals surface area contributed by atoms with Crippen molar-refractivity contribution < 1.29 is 4.57 Å². The highest BCUT2D eigenvalue weighted by molar-refractivity contribution is 7.98. The van der Waals surface area contributed by atoms with Crippen molar-refractivity contribution >= 4 is 22.8 Å². The maximum absolute atomic E-state index is 3.34. The molecule has 0 atom stereocenters. The highest BCUT2D eigenvalue weighted by Gasteiger charge is 2.12. The Morgan fingerprint density at radius 2 is 2.08 bits per heavy atom. The van der Waals surface area contributed by atoms with E-state index < -0.39 is 0 Å². The van der Waals surface area contributed by atoms with Gasteiger partial charge in [0.25, 0.3) is 0 Å². The fourth-order valence-corrected chi connectivity index (χ4v) is 1.95. The number of imidazole rings is 1. The predicted octanol–water partition coefficient (Wildman–Crippen LogP) is 1.71. The van der Waals surface area contributed by atoms with Crippen LogP contribution >= 0.6 is 11.8 Å². The van der Waals surface area contributed by atoms with E-state index in [0.29, 0.717) is 0 Å². The normalized spacial score (nSPS) is 10.8. The molecule has 62 valence electrons. The fraction of sp³-hybridized carbons (Fsp3) is 0.222. The van der Waals surface area contributed by atoms with Gasteiger partial charge in [0.2, 0.25) is 0 Å². The van der Waals surface area contributed by atoms with E-state index in [1.807, 2.05) is 6.07 Å². The van der Waals surface area contributed by atoms with Gasteiger partial charge in [-0.3, -0.25) is 0 Å². The molecule has 0 spiro atoms. The van der Waals surface area contributed by atoms with Gasteiger partial charge < -0.3 is 0 Å². The zero-order valence-electron chi connectivity index (χ0n) is 7.16. The molecule has 1 N–H and O–H groups in total. The van der Waals surface area contributed by atoms with E-state index in [9.17, 15) is 0 Å². The zero-order chi connectivity index (χ0) is 8.55. The molecular formula is C9H11N2S+. The van der Waals surface area contributed by atoms with Crippen molar-refractivity contribution in [3.63, 3.8) is 0 Å². The summed E-state index contributed by atoms with van der Waals surface area (Å²) < 4.78 is 2.17. The van der Waals surface area contributed by atoms with Crippen LogP contribution in [0.4, 0.5) is 0 Å². The summed E-state index contributed by atoms with van der Waals surface area (Å²) in [5.41, 5.74) is 2.45. The number of thioether (sulfide) groups is 1. The largest absolute Gasteiger partial charge is 0.316 e. The van der Waals surface area contributed by atoms with E-state index in [1.54, 1.807) is 11.8 Å². The summed E-state index contributed by atoms with van der Waals surface area (Å²) in [4.78, 5) is 3.34. The van der Waals surface area contributed by atoms with Crippen LogP contribution in [-0.2, 0) is 7.05 Å². The third kappa shape index (κ3) is 1.01. The number of hydrogen-bond acceptors (Lipinski definition) is 1. The molecule has 2 aromatic rings. The van der Waals surface area contributed by atoms with Crippen LogP contribution in [0.15, 0.2) is 29.4 Å². The summed E-state index contributed by atoms with van der Waals surface area (Å²) in [7, 11) is 2.07. The molecule has 0 fully saturated rings. The molecule has 3 heteroatoms. The standard InChI is InChI=1S/C9H10N2S/c1-11-8-6-4-3-5-7(8)10-9(11)12-2/h3-6H,1-2H3/p+1. The van der Waals surface area contributed by atoms with Gasteiger partial charge in [0.1, 0.15) is 0 Å². The molecule has 12 heavy (non-hydrogen) atoms. The minimum absolute atomic E-state index is 1.19. The number of rotatable bonds is 1. The van der Waals surface area contributed by atoms with E-state index in [2.05, 4.69) is 41.1 Å². The molecule has 0 aliphatic carbocycles. The molecular weight excluding hydrogens is 168 g/mol. The van der Waals surface area contributed by atoms with Crippen molar-refractivity contribution in [3.05, 3.63) is 24.3 Å². The molecule has 0 bridgehead atoms. The molecule has 0 saturated heterocycles. The van der Waals surface area contributed by atoms with Gasteiger partial charge in [0, 0.05) is 0 Å².